The second kappa shape index (κ2) is 5.03. The van der Waals surface area contributed by atoms with Gasteiger partial charge in [0.2, 0.25) is 0 Å². The predicted octanol–water partition coefficient (Wildman–Crippen LogP) is 2.08. The number of fused-ring (bicyclic) bond motifs is 1. The predicted molar refractivity (Wildman–Crippen MR) is 72.1 cm³/mol. The number of aromatic nitrogens is 3. The van der Waals surface area contributed by atoms with Crippen LogP contribution < -0.4 is 10.6 Å². The number of oxazole rings is 1. The molecule has 96 valence electrons. The van der Waals surface area contributed by atoms with Crippen molar-refractivity contribution in [2.75, 3.05) is 12.4 Å². The van der Waals surface area contributed by atoms with E-state index < -0.39 is 0 Å². The molecule has 0 atom stereocenters. The van der Waals surface area contributed by atoms with E-state index >= 15 is 0 Å². The number of nitrogens with one attached hydrogen (secondary N) is 2. The van der Waals surface area contributed by atoms with Gasteiger partial charge in [0.15, 0.2) is 12.0 Å². The van der Waals surface area contributed by atoms with Crippen molar-refractivity contribution in [1.29, 1.82) is 0 Å². The van der Waals surface area contributed by atoms with Gasteiger partial charge in [0, 0.05) is 18.0 Å². The van der Waals surface area contributed by atoms with Gasteiger partial charge in [-0.05, 0) is 25.2 Å². The third kappa shape index (κ3) is 2.53. The summed E-state index contributed by atoms with van der Waals surface area (Å²) in [7, 11) is 1.86. The molecule has 2 N–H and O–H groups in total. The number of nitrogens with zero attached hydrogens (tertiary/aromatic N) is 3. The Labute approximate surface area is 109 Å². The van der Waals surface area contributed by atoms with Crippen LogP contribution in [0.15, 0.2) is 41.3 Å². The topological polar surface area (TPSA) is 75.9 Å². The molecule has 0 unspecified atom stereocenters. The molecule has 2 heterocycles. The lowest BCUT2D eigenvalue weighted by molar-refractivity contribution is 0.602. The second-order valence-electron chi connectivity index (χ2n) is 4.05. The highest BCUT2D eigenvalue weighted by Gasteiger charge is 2.02. The average molecular weight is 255 g/mol. The molecule has 0 radical (unpaired) electrons. The van der Waals surface area contributed by atoms with Crippen molar-refractivity contribution >= 4 is 22.6 Å². The van der Waals surface area contributed by atoms with Crippen LogP contribution >= 0.6 is 0 Å². The lowest BCUT2D eigenvalue weighted by Gasteiger charge is -2.06. The third-order valence-electron chi connectivity index (χ3n) is 2.64. The molecule has 6 nitrogen and oxygen atoms in total. The number of hydrogen-bond donors (Lipinski definition) is 2. The van der Waals surface area contributed by atoms with Crippen molar-refractivity contribution in [3.05, 3.63) is 42.7 Å². The molecule has 1 aromatic carbocycles. The minimum Gasteiger partial charge on any atom is -0.443 e. The van der Waals surface area contributed by atoms with Crippen LogP contribution in [-0.2, 0) is 6.54 Å². The molecule has 0 aliphatic heterocycles. The minimum absolute atomic E-state index is 0.636. The van der Waals surface area contributed by atoms with E-state index in [2.05, 4.69) is 25.6 Å². The summed E-state index contributed by atoms with van der Waals surface area (Å²) in [5.41, 5.74) is 2.48. The molecule has 0 aliphatic carbocycles. The molecule has 0 saturated carbocycles. The Balaban J connectivity index is 1.85. The van der Waals surface area contributed by atoms with E-state index in [9.17, 15) is 0 Å². The fraction of sp³-hybridized carbons (Fsp3) is 0.154. The van der Waals surface area contributed by atoms with Gasteiger partial charge in [0.05, 0.1) is 6.54 Å². The molecule has 3 aromatic rings. The Kier molecular flexibility index (Phi) is 3.07. The zero-order chi connectivity index (χ0) is 13.1. The molecule has 3 rings (SSSR count). The first-order chi connectivity index (χ1) is 9.35. The van der Waals surface area contributed by atoms with Crippen LogP contribution in [0.3, 0.4) is 0 Å². The highest BCUT2D eigenvalue weighted by molar-refractivity contribution is 5.77. The van der Waals surface area contributed by atoms with E-state index in [4.69, 9.17) is 4.42 Å². The van der Waals surface area contributed by atoms with Crippen molar-refractivity contribution in [1.82, 2.24) is 20.3 Å². The van der Waals surface area contributed by atoms with Gasteiger partial charge in [-0.2, -0.15) is 0 Å². The fourth-order valence-electron chi connectivity index (χ4n) is 1.79. The zero-order valence-corrected chi connectivity index (χ0v) is 10.4. The van der Waals surface area contributed by atoms with E-state index in [0.29, 0.717) is 6.54 Å². The molecule has 0 saturated heterocycles. The number of rotatable bonds is 4. The van der Waals surface area contributed by atoms with E-state index in [1.807, 2.05) is 31.3 Å². The standard InChI is InChI=1S/C13H13N5O/c1-14-7-13-15-5-4-12(18-13)17-9-2-3-10-11(6-9)19-8-16-10/h2-6,8,14H,7H2,1H3,(H,15,17,18). The summed E-state index contributed by atoms with van der Waals surface area (Å²) in [4.78, 5) is 12.6. The molecule has 2 aromatic heterocycles. The molecule has 0 fully saturated rings. The molecule has 0 amide bonds. The molecule has 0 bridgehead atoms. The van der Waals surface area contributed by atoms with E-state index in [0.717, 1.165) is 28.4 Å². The number of benzene rings is 1. The molecule has 0 aliphatic rings. The lowest BCUT2D eigenvalue weighted by atomic mass is 10.3. The summed E-state index contributed by atoms with van der Waals surface area (Å²) in [6, 6.07) is 7.55. The lowest BCUT2D eigenvalue weighted by Crippen LogP contribution is -2.09. The number of hydrogen-bond acceptors (Lipinski definition) is 6. The van der Waals surface area contributed by atoms with Crippen LogP contribution in [0.25, 0.3) is 11.1 Å². The zero-order valence-electron chi connectivity index (χ0n) is 10.4. The van der Waals surface area contributed by atoms with E-state index in [-0.39, 0.29) is 0 Å². The maximum Gasteiger partial charge on any atom is 0.181 e. The third-order valence-corrected chi connectivity index (χ3v) is 2.64. The van der Waals surface area contributed by atoms with Gasteiger partial charge in [-0.1, -0.05) is 0 Å². The maximum atomic E-state index is 5.26. The van der Waals surface area contributed by atoms with Crippen LogP contribution in [0.1, 0.15) is 5.82 Å². The van der Waals surface area contributed by atoms with Gasteiger partial charge in [0.25, 0.3) is 0 Å². The van der Waals surface area contributed by atoms with Crippen LogP contribution in [0.5, 0.6) is 0 Å². The summed E-state index contributed by atoms with van der Waals surface area (Å²) in [6.07, 6.45) is 3.17. The molecule has 6 heteroatoms. The van der Waals surface area contributed by atoms with Crippen LogP contribution in [0.2, 0.25) is 0 Å². The Morgan fingerprint density at radius 2 is 2.16 bits per heavy atom. The number of anilines is 2. The quantitative estimate of drug-likeness (QED) is 0.743. The first-order valence-corrected chi connectivity index (χ1v) is 5.92. The van der Waals surface area contributed by atoms with Crippen molar-refractivity contribution in [3.8, 4) is 0 Å². The van der Waals surface area contributed by atoms with Crippen molar-refractivity contribution in [3.63, 3.8) is 0 Å². The largest absolute Gasteiger partial charge is 0.443 e. The summed E-state index contributed by atoms with van der Waals surface area (Å²) in [5, 5.41) is 6.24. The molecule has 19 heavy (non-hydrogen) atoms. The molecule has 0 spiro atoms. The smallest absolute Gasteiger partial charge is 0.181 e. The summed E-state index contributed by atoms with van der Waals surface area (Å²) in [6.45, 7) is 0.636. The second-order valence-corrected chi connectivity index (χ2v) is 4.05. The first kappa shape index (κ1) is 11.6. The highest BCUT2D eigenvalue weighted by atomic mass is 16.3. The average Bonchev–Trinajstić information content (AvgIpc) is 2.87. The Morgan fingerprint density at radius 1 is 1.21 bits per heavy atom. The summed E-state index contributed by atoms with van der Waals surface area (Å²) in [5.74, 6) is 1.49. The Bertz CT molecular complexity index is 694. The normalized spacial score (nSPS) is 10.8. The maximum absolute atomic E-state index is 5.26. The monoisotopic (exact) mass is 255 g/mol. The van der Waals surface area contributed by atoms with Gasteiger partial charge in [-0.3, -0.25) is 0 Å². The Hall–Kier alpha value is -2.47. The summed E-state index contributed by atoms with van der Waals surface area (Å²) < 4.78 is 5.26. The van der Waals surface area contributed by atoms with Crippen molar-refractivity contribution < 1.29 is 4.42 Å². The van der Waals surface area contributed by atoms with Gasteiger partial charge < -0.3 is 15.1 Å². The molecular weight excluding hydrogens is 242 g/mol. The molecular formula is C13H13N5O. The van der Waals surface area contributed by atoms with Gasteiger partial charge >= 0.3 is 0 Å². The van der Waals surface area contributed by atoms with Gasteiger partial charge in [-0.15, -0.1) is 0 Å². The van der Waals surface area contributed by atoms with E-state index in [1.54, 1.807) is 6.20 Å². The van der Waals surface area contributed by atoms with Crippen molar-refractivity contribution in [2.24, 2.45) is 0 Å². The van der Waals surface area contributed by atoms with Gasteiger partial charge in [-0.25, -0.2) is 15.0 Å². The van der Waals surface area contributed by atoms with Crippen LogP contribution in [-0.4, -0.2) is 22.0 Å². The van der Waals surface area contributed by atoms with Crippen LogP contribution in [0.4, 0.5) is 11.5 Å². The van der Waals surface area contributed by atoms with Gasteiger partial charge in [0.1, 0.15) is 17.2 Å². The SMILES string of the molecule is CNCc1nccc(Nc2ccc3ncoc3c2)n1. The first-order valence-electron chi connectivity index (χ1n) is 5.92. The fourth-order valence-corrected chi connectivity index (χ4v) is 1.79. The van der Waals surface area contributed by atoms with Crippen molar-refractivity contribution in [2.45, 2.75) is 6.54 Å². The highest BCUT2D eigenvalue weighted by Crippen LogP contribution is 2.20. The Morgan fingerprint density at radius 3 is 3.05 bits per heavy atom. The minimum atomic E-state index is 0.636. The summed E-state index contributed by atoms with van der Waals surface area (Å²) >= 11 is 0. The van der Waals surface area contributed by atoms with Crippen LogP contribution in [0, 0.1) is 0 Å². The van der Waals surface area contributed by atoms with E-state index in [1.165, 1.54) is 6.39 Å².